The van der Waals surface area contributed by atoms with Crippen LogP contribution >= 0.6 is 0 Å². The van der Waals surface area contributed by atoms with Gasteiger partial charge in [-0.25, -0.2) is 13.8 Å². The standard InChI is InChI=1S/C15H15F2N5O/c1-10(8-22-6-5-18-9-22)19-7-13-20-15(23-21-13)14-11(16)3-2-4-12(14)17/h2-6,9-10,19H,7-8H2,1H3. The van der Waals surface area contributed by atoms with Crippen LogP contribution in [-0.2, 0) is 13.1 Å². The molecule has 1 N–H and O–H groups in total. The summed E-state index contributed by atoms with van der Waals surface area (Å²) in [5, 5.41) is 6.95. The number of nitrogens with zero attached hydrogens (tertiary/aromatic N) is 4. The van der Waals surface area contributed by atoms with Crippen LogP contribution in [0, 0.1) is 11.6 Å². The highest BCUT2D eigenvalue weighted by Gasteiger charge is 2.18. The molecule has 2 heterocycles. The molecule has 120 valence electrons. The Hall–Kier alpha value is -2.61. The Balaban J connectivity index is 1.63. The summed E-state index contributed by atoms with van der Waals surface area (Å²) in [5.41, 5.74) is -0.308. The normalized spacial score (nSPS) is 12.5. The Labute approximate surface area is 131 Å². The Morgan fingerprint density at radius 3 is 2.78 bits per heavy atom. The predicted octanol–water partition coefficient (Wildman–Crippen LogP) is 2.39. The molecule has 0 aliphatic rings. The summed E-state index contributed by atoms with van der Waals surface area (Å²) in [6, 6.07) is 3.71. The van der Waals surface area contributed by atoms with E-state index in [0.717, 1.165) is 18.7 Å². The molecule has 3 rings (SSSR count). The van der Waals surface area contributed by atoms with Crippen molar-refractivity contribution in [2.45, 2.75) is 26.1 Å². The van der Waals surface area contributed by atoms with E-state index in [1.807, 2.05) is 17.7 Å². The summed E-state index contributed by atoms with van der Waals surface area (Å²) >= 11 is 0. The van der Waals surface area contributed by atoms with Gasteiger partial charge in [0.1, 0.15) is 17.2 Å². The molecule has 6 nitrogen and oxygen atoms in total. The first-order valence-electron chi connectivity index (χ1n) is 7.09. The summed E-state index contributed by atoms with van der Waals surface area (Å²) in [5.74, 6) is -1.30. The van der Waals surface area contributed by atoms with Crippen molar-refractivity contribution in [1.82, 2.24) is 25.0 Å². The Kier molecular flexibility index (Phi) is 4.42. The van der Waals surface area contributed by atoms with E-state index in [9.17, 15) is 8.78 Å². The van der Waals surface area contributed by atoms with Crippen molar-refractivity contribution in [3.8, 4) is 11.5 Å². The highest BCUT2D eigenvalue weighted by molar-refractivity contribution is 5.54. The lowest BCUT2D eigenvalue weighted by Crippen LogP contribution is -2.29. The minimum Gasteiger partial charge on any atom is -0.336 e. The van der Waals surface area contributed by atoms with E-state index in [1.54, 1.807) is 12.5 Å². The fourth-order valence-corrected chi connectivity index (χ4v) is 2.17. The molecular weight excluding hydrogens is 304 g/mol. The maximum absolute atomic E-state index is 13.7. The number of rotatable bonds is 6. The lowest BCUT2D eigenvalue weighted by Gasteiger charge is -2.12. The van der Waals surface area contributed by atoms with Gasteiger partial charge in [-0.15, -0.1) is 0 Å². The highest BCUT2D eigenvalue weighted by atomic mass is 19.1. The van der Waals surface area contributed by atoms with Gasteiger partial charge in [0.15, 0.2) is 5.82 Å². The smallest absolute Gasteiger partial charge is 0.263 e. The average Bonchev–Trinajstić information content (AvgIpc) is 3.17. The number of benzene rings is 1. The molecule has 2 aromatic heterocycles. The van der Waals surface area contributed by atoms with Crippen LogP contribution in [0.25, 0.3) is 11.5 Å². The first-order chi connectivity index (χ1) is 11.1. The van der Waals surface area contributed by atoms with Crippen molar-refractivity contribution in [3.63, 3.8) is 0 Å². The SMILES string of the molecule is CC(Cn1ccnc1)NCc1noc(-c2c(F)cccc2F)n1. The Bertz CT molecular complexity index is 752. The lowest BCUT2D eigenvalue weighted by molar-refractivity contribution is 0.407. The van der Waals surface area contributed by atoms with E-state index in [0.29, 0.717) is 12.4 Å². The fourth-order valence-electron chi connectivity index (χ4n) is 2.17. The second-order valence-electron chi connectivity index (χ2n) is 5.15. The maximum Gasteiger partial charge on any atom is 0.263 e. The molecule has 0 spiro atoms. The molecule has 0 bridgehead atoms. The van der Waals surface area contributed by atoms with Crippen LogP contribution in [0.15, 0.2) is 41.4 Å². The maximum atomic E-state index is 13.7. The van der Waals surface area contributed by atoms with Gasteiger partial charge in [-0.1, -0.05) is 11.2 Å². The minimum absolute atomic E-state index is 0.136. The molecule has 1 atom stereocenters. The van der Waals surface area contributed by atoms with Crippen molar-refractivity contribution < 1.29 is 13.3 Å². The summed E-state index contributed by atoms with van der Waals surface area (Å²) < 4.78 is 34.3. The van der Waals surface area contributed by atoms with E-state index in [2.05, 4.69) is 20.4 Å². The fraction of sp³-hybridized carbons (Fsp3) is 0.267. The van der Waals surface area contributed by atoms with Gasteiger partial charge in [0.2, 0.25) is 0 Å². The largest absolute Gasteiger partial charge is 0.336 e. The summed E-state index contributed by atoms with van der Waals surface area (Å²) in [4.78, 5) is 8.00. The van der Waals surface area contributed by atoms with E-state index in [-0.39, 0.29) is 17.5 Å². The van der Waals surface area contributed by atoms with Crippen LogP contribution in [-0.4, -0.2) is 25.7 Å². The first kappa shape index (κ1) is 15.3. The quantitative estimate of drug-likeness (QED) is 0.755. The summed E-state index contributed by atoms with van der Waals surface area (Å²) in [6.07, 6.45) is 5.30. The van der Waals surface area contributed by atoms with Gasteiger partial charge in [0, 0.05) is 25.0 Å². The van der Waals surface area contributed by atoms with Crippen molar-refractivity contribution in [3.05, 3.63) is 54.4 Å². The van der Waals surface area contributed by atoms with Crippen LogP contribution in [0.5, 0.6) is 0 Å². The van der Waals surface area contributed by atoms with Crippen LogP contribution in [0.3, 0.4) is 0 Å². The molecule has 0 fully saturated rings. The molecule has 0 radical (unpaired) electrons. The summed E-state index contributed by atoms with van der Waals surface area (Å²) in [6.45, 7) is 3.06. The molecule has 0 saturated heterocycles. The molecule has 23 heavy (non-hydrogen) atoms. The van der Waals surface area contributed by atoms with E-state index < -0.39 is 11.6 Å². The molecule has 1 aromatic carbocycles. The van der Waals surface area contributed by atoms with Gasteiger partial charge in [-0.05, 0) is 19.1 Å². The zero-order valence-electron chi connectivity index (χ0n) is 12.4. The monoisotopic (exact) mass is 319 g/mol. The number of imidazole rings is 1. The number of halogens is 2. The zero-order valence-corrected chi connectivity index (χ0v) is 12.4. The van der Waals surface area contributed by atoms with Gasteiger partial charge >= 0.3 is 0 Å². The highest BCUT2D eigenvalue weighted by Crippen LogP contribution is 2.24. The van der Waals surface area contributed by atoms with Crippen molar-refractivity contribution >= 4 is 0 Å². The van der Waals surface area contributed by atoms with Crippen LogP contribution in [0.1, 0.15) is 12.7 Å². The average molecular weight is 319 g/mol. The number of nitrogens with one attached hydrogen (secondary N) is 1. The molecular formula is C15H15F2N5O. The second-order valence-corrected chi connectivity index (χ2v) is 5.15. The van der Waals surface area contributed by atoms with Crippen LogP contribution in [0.2, 0.25) is 0 Å². The van der Waals surface area contributed by atoms with Crippen LogP contribution < -0.4 is 5.32 Å². The molecule has 8 heteroatoms. The molecule has 0 aliphatic carbocycles. The van der Waals surface area contributed by atoms with Gasteiger partial charge in [0.25, 0.3) is 5.89 Å². The summed E-state index contributed by atoms with van der Waals surface area (Å²) in [7, 11) is 0. The van der Waals surface area contributed by atoms with Gasteiger partial charge < -0.3 is 14.4 Å². The molecule has 3 aromatic rings. The van der Waals surface area contributed by atoms with E-state index in [1.165, 1.54) is 6.07 Å². The van der Waals surface area contributed by atoms with Gasteiger partial charge in [0.05, 0.1) is 12.9 Å². The number of hydrogen-bond acceptors (Lipinski definition) is 5. The molecule has 0 aliphatic heterocycles. The lowest BCUT2D eigenvalue weighted by atomic mass is 10.2. The van der Waals surface area contributed by atoms with E-state index in [4.69, 9.17) is 4.52 Å². The van der Waals surface area contributed by atoms with E-state index >= 15 is 0 Å². The van der Waals surface area contributed by atoms with Gasteiger partial charge in [-0.2, -0.15) is 4.98 Å². The third-order valence-corrected chi connectivity index (χ3v) is 3.30. The number of aromatic nitrogens is 4. The minimum atomic E-state index is -0.735. The van der Waals surface area contributed by atoms with Crippen molar-refractivity contribution in [2.75, 3.05) is 0 Å². The van der Waals surface area contributed by atoms with Crippen molar-refractivity contribution in [2.24, 2.45) is 0 Å². The Morgan fingerprint density at radius 2 is 2.09 bits per heavy atom. The molecule has 0 saturated carbocycles. The third-order valence-electron chi connectivity index (χ3n) is 3.30. The third kappa shape index (κ3) is 3.59. The number of hydrogen-bond donors (Lipinski definition) is 1. The van der Waals surface area contributed by atoms with Crippen molar-refractivity contribution in [1.29, 1.82) is 0 Å². The molecule has 0 amide bonds. The predicted molar refractivity (Wildman–Crippen MR) is 78.2 cm³/mol. The van der Waals surface area contributed by atoms with Crippen LogP contribution in [0.4, 0.5) is 8.78 Å². The van der Waals surface area contributed by atoms with Gasteiger partial charge in [-0.3, -0.25) is 0 Å². The molecule has 1 unspecified atom stereocenters. The second kappa shape index (κ2) is 6.66. The first-order valence-corrected chi connectivity index (χ1v) is 7.09. The topological polar surface area (TPSA) is 68.8 Å². The Morgan fingerprint density at radius 1 is 1.30 bits per heavy atom. The zero-order chi connectivity index (χ0) is 16.2.